The molecule has 0 aliphatic carbocycles. The van der Waals surface area contributed by atoms with Gasteiger partial charge < -0.3 is 23.8 Å². The third-order valence-corrected chi connectivity index (χ3v) is 10.3. The number of carbonyl (C=O) groups is 3. The van der Waals surface area contributed by atoms with Crippen molar-refractivity contribution in [1.82, 2.24) is 0 Å². The first-order valence-corrected chi connectivity index (χ1v) is 24.1. The van der Waals surface area contributed by atoms with Gasteiger partial charge in [-0.2, -0.15) is 0 Å². The Bertz CT molecular complexity index is 1270. The Hall–Kier alpha value is -3.49. The number of hydrogen-bond donors (Lipinski definition) is 1. The zero-order chi connectivity index (χ0) is 44.9. The Labute approximate surface area is 373 Å². The molecule has 2 atom stereocenters. The number of carboxylic acids is 1. The van der Waals surface area contributed by atoms with Gasteiger partial charge in [-0.3, -0.25) is 9.59 Å². The highest BCUT2D eigenvalue weighted by molar-refractivity contribution is 5.72. The first-order valence-electron chi connectivity index (χ1n) is 24.1. The van der Waals surface area contributed by atoms with Gasteiger partial charge >= 0.3 is 17.9 Å². The number of carboxylic acid groups (broad SMARTS) is 1. The van der Waals surface area contributed by atoms with Crippen LogP contribution in [0.3, 0.4) is 0 Å². The highest BCUT2D eigenvalue weighted by Gasteiger charge is 2.31. The van der Waals surface area contributed by atoms with E-state index in [1.54, 1.807) is 0 Å². The summed E-state index contributed by atoms with van der Waals surface area (Å²) in [7, 11) is 5.50. The SMILES string of the molecule is CC/C=C\C/C=C\C/C=C\C/C=C\C/C=C\C/C=C\CCC(=O)OC(COCCC(C(=O)O)[N+](C)(C)C)COC(=O)CCCCCCCCC/C=C\CCCCCCCCC. The fourth-order valence-electron chi connectivity index (χ4n) is 6.58. The van der Waals surface area contributed by atoms with Gasteiger partial charge in [-0.25, -0.2) is 4.79 Å². The zero-order valence-electron chi connectivity index (χ0n) is 39.6. The molecule has 61 heavy (non-hydrogen) atoms. The predicted molar refractivity (Wildman–Crippen MR) is 256 cm³/mol. The van der Waals surface area contributed by atoms with Gasteiger partial charge in [0.1, 0.15) is 6.61 Å². The van der Waals surface area contributed by atoms with Gasteiger partial charge in [0.2, 0.25) is 0 Å². The van der Waals surface area contributed by atoms with E-state index in [0.717, 1.165) is 57.8 Å². The molecule has 0 rings (SSSR count). The highest BCUT2D eigenvalue weighted by Crippen LogP contribution is 2.13. The molecule has 0 fully saturated rings. The number of ether oxygens (including phenoxy) is 3. The molecule has 0 aromatic heterocycles. The molecule has 0 spiro atoms. The molecular formula is C53H90NO7+. The third-order valence-electron chi connectivity index (χ3n) is 10.3. The molecule has 0 saturated carbocycles. The number of unbranched alkanes of at least 4 members (excludes halogenated alkanes) is 14. The molecule has 0 bridgehead atoms. The number of carbonyl (C=O) groups excluding carboxylic acids is 2. The van der Waals surface area contributed by atoms with Crippen LogP contribution in [0.4, 0.5) is 0 Å². The van der Waals surface area contributed by atoms with Crippen LogP contribution in [0.5, 0.6) is 0 Å². The number of hydrogen-bond acceptors (Lipinski definition) is 6. The Morgan fingerprint density at radius 3 is 1.43 bits per heavy atom. The molecular weight excluding hydrogens is 763 g/mol. The van der Waals surface area contributed by atoms with E-state index in [-0.39, 0.29) is 36.7 Å². The van der Waals surface area contributed by atoms with E-state index < -0.39 is 24.1 Å². The van der Waals surface area contributed by atoms with Crippen LogP contribution < -0.4 is 0 Å². The molecule has 0 aliphatic heterocycles. The number of esters is 2. The normalized spacial score (nSPS) is 13.7. The first kappa shape index (κ1) is 57.5. The van der Waals surface area contributed by atoms with Crippen LogP contribution in [0.1, 0.15) is 181 Å². The second-order valence-electron chi connectivity index (χ2n) is 17.0. The van der Waals surface area contributed by atoms with Crippen LogP contribution in [-0.4, -0.2) is 80.6 Å². The summed E-state index contributed by atoms with van der Waals surface area (Å²) in [4.78, 5) is 37.1. The van der Waals surface area contributed by atoms with Gasteiger partial charge in [0.15, 0.2) is 12.1 Å². The Balaban J connectivity index is 4.43. The van der Waals surface area contributed by atoms with Gasteiger partial charge in [-0.05, 0) is 77.0 Å². The Kier molecular flexibility index (Phi) is 40.7. The maximum absolute atomic E-state index is 12.7. The Morgan fingerprint density at radius 1 is 0.508 bits per heavy atom. The number of quaternary nitrogens is 1. The molecule has 0 aliphatic rings. The van der Waals surface area contributed by atoms with Gasteiger partial charge in [-0.15, -0.1) is 0 Å². The third kappa shape index (κ3) is 41.6. The number of allylic oxidation sites excluding steroid dienone is 14. The lowest BCUT2D eigenvalue weighted by Gasteiger charge is -2.31. The van der Waals surface area contributed by atoms with Gasteiger partial charge in [0.05, 0.1) is 34.4 Å². The first-order chi connectivity index (χ1) is 29.6. The van der Waals surface area contributed by atoms with Crippen LogP contribution in [-0.2, 0) is 28.6 Å². The minimum Gasteiger partial charge on any atom is -0.477 e. The van der Waals surface area contributed by atoms with Crippen LogP contribution in [0.25, 0.3) is 0 Å². The summed E-state index contributed by atoms with van der Waals surface area (Å²) in [6.45, 7) is 4.53. The van der Waals surface area contributed by atoms with Crippen molar-refractivity contribution in [2.24, 2.45) is 0 Å². The molecule has 348 valence electrons. The number of rotatable bonds is 42. The van der Waals surface area contributed by atoms with Crippen molar-refractivity contribution in [3.63, 3.8) is 0 Å². The largest absolute Gasteiger partial charge is 0.477 e. The summed E-state index contributed by atoms with van der Waals surface area (Å²) in [6.07, 6.45) is 56.4. The lowest BCUT2D eigenvalue weighted by Crippen LogP contribution is -2.50. The smallest absolute Gasteiger partial charge is 0.362 e. The summed E-state index contributed by atoms with van der Waals surface area (Å²) in [5, 5.41) is 9.64. The quantitative estimate of drug-likeness (QED) is 0.0283. The minimum atomic E-state index is -0.889. The molecule has 0 aromatic rings. The highest BCUT2D eigenvalue weighted by atomic mass is 16.6. The Morgan fingerprint density at radius 2 is 0.951 bits per heavy atom. The lowest BCUT2D eigenvalue weighted by molar-refractivity contribution is -0.887. The molecule has 0 amide bonds. The van der Waals surface area contributed by atoms with Crippen LogP contribution in [0, 0.1) is 0 Å². The van der Waals surface area contributed by atoms with Crippen molar-refractivity contribution in [2.45, 2.75) is 193 Å². The van der Waals surface area contributed by atoms with Gasteiger partial charge in [0.25, 0.3) is 0 Å². The summed E-state index contributed by atoms with van der Waals surface area (Å²) < 4.78 is 17.2. The molecule has 0 heterocycles. The molecule has 2 unspecified atom stereocenters. The summed E-state index contributed by atoms with van der Waals surface area (Å²) in [6, 6.07) is -0.633. The minimum absolute atomic E-state index is 0.0252. The molecule has 0 aromatic carbocycles. The van der Waals surface area contributed by atoms with Crippen molar-refractivity contribution in [1.29, 1.82) is 0 Å². The summed E-state index contributed by atoms with van der Waals surface area (Å²) >= 11 is 0. The topological polar surface area (TPSA) is 99.1 Å². The summed E-state index contributed by atoms with van der Waals surface area (Å²) in [5.41, 5.74) is 0. The molecule has 0 saturated heterocycles. The zero-order valence-corrected chi connectivity index (χ0v) is 39.6. The maximum Gasteiger partial charge on any atom is 0.362 e. The van der Waals surface area contributed by atoms with Crippen LogP contribution >= 0.6 is 0 Å². The van der Waals surface area contributed by atoms with Crippen molar-refractivity contribution >= 4 is 17.9 Å². The lowest BCUT2D eigenvalue weighted by atomic mass is 10.1. The van der Waals surface area contributed by atoms with Crippen molar-refractivity contribution in [3.05, 3.63) is 85.1 Å². The van der Waals surface area contributed by atoms with E-state index in [9.17, 15) is 19.5 Å². The number of nitrogens with zero attached hydrogens (tertiary/aromatic N) is 1. The predicted octanol–water partition coefficient (Wildman–Crippen LogP) is 13.7. The average Bonchev–Trinajstić information content (AvgIpc) is 3.22. The number of aliphatic carboxylic acids is 1. The van der Waals surface area contributed by atoms with E-state index in [0.29, 0.717) is 19.3 Å². The molecule has 8 heteroatoms. The number of likely N-dealkylation sites (N-methyl/N-ethyl adjacent to an activating group) is 1. The van der Waals surface area contributed by atoms with Crippen molar-refractivity contribution < 1.29 is 38.2 Å². The van der Waals surface area contributed by atoms with Crippen molar-refractivity contribution in [2.75, 3.05) is 41.0 Å². The van der Waals surface area contributed by atoms with Crippen LogP contribution in [0.2, 0.25) is 0 Å². The van der Waals surface area contributed by atoms with E-state index in [1.807, 2.05) is 33.3 Å². The van der Waals surface area contributed by atoms with Gasteiger partial charge in [-0.1, -0.05) is 170 Å². The van der Waals surface area contributed by atoms with E-state index in [1.165, 1.54) is 83.5 Å². The molecule has 8 nitrogen and oxygen atoms in total. The van der Waals surface area contributed by atoms with Gasteiger partial charge in [0, 0.05) is 19.3 Å². The summed E-state index contributed by atoms with van der Waals surface area (Å²) in [5.74, 6) is -1.59. The molecule has 0 radical (unpaired) electrons. The maximum atomic E-state index is 12.7. The molecule has 1 N–H and O–H groups in total. The fourth-order valence-corrected chi connectivity index (χ4v) is 6.58. The van der Waals surface area contributed by atoms with Crippen LogP contribution in [0.15, 0.2) is 85.1 Å². The second kappa shape index (κ2) is 43.2. The van der Waals surface area contributed by atoms with Crippen molar-refractivity contribution in [3.8, 4) is 0 Å². The second-order valence-corrected chi connectivity index (χ2v) is 17.0. The fraction of sp³-hybridized carbons (Fsp3) is 0.679. The monoisotopic (exact) mass is 853 g/mol. The van der Waals surface area contributed by atoms with E-state index in [4.69, 9.17) is 14.2 Å². The van der Waals surface area contributed by atoms with E-state index >= 15 is 0 Å². The average molecular weight is 853 g/mol. The standard InChI is InChI=1S/C53H89NO7/c1-6-8-10-12-14-16-18-20-22-24-26-28-30-32-34-36-38-40-42-44-52(56)61-49(47-59-46-45-50(53(57)58)54(3,4)5)48-60-51(55)43-41-39-37-35-33-31-29-27-25-23-21-19-17-15-13-11-9-7-2/h8,10,14,16,20,22-23,25-26,28,32,34,38,40,49-50H,6-7,9,11-13,15,17-19,21,24,27,29-31,33,35-37,39,41-48H2,1-5H3/p+1/b10-8-,16-14-,22-20-,25-23-,28-26-,34-32-,40-38-. The van der Waals surface area contributed by atoms with E-state index in [2.05, 4.69) is 86.8 Å².